The Morgan fingerprint density at radius 2 is 2.16 bits per heavy atom. The highest BCUT2D eigenvalue weighted by atomic mass is 35.5. The molecule has 1 N–H and O–H groups in total. The SMILES string of the molecule is COc1cnc(Cl)cc1-c1cn2ncnc2cc1C(=O)Nc1nnc(C#CC2CC2)s1. The molecule has 1 fully saturated rings. The number of carbonyl (C=O) groups excluding carboxylic acids is 1. The van der Waals surface area contributed by atoms with Crippen LogP contribution in [0, 0.1) is 17.8 Å². The number of carbonyl (C=O) groups is 1. The van der Waals surface area contributed by atoms with Crippen LogP contribution in [-0.2, 0) is 0 Å². The largest absolute Gasteiger partial charge is 0.494 e. The number of ether oxygens (including phenoxy) is 1. The van der Waals surface area contributed by atoms with Crippen LogP contribution in [0.5, 0.6) is 5.75 Å². The van der Waals surface area contributed by atoms with Crippen molar-refractivity contribution in [2.45, 2.75) is 12.8 Å². The standard InChI is InChI=1S/C20H14ClN7O2S/c1-30-15-8-22-16(21)6-12(15)14-9-28-17(23-10-24-28)7-13(14)19(29)25-20-27-26-18(31-20)5-4-11-2-3-11/h6-11H,2-3H2,1H3,(H,25,27,29). The molecular weight excluding hydrogens is 438 g/mol. The van der Waals surface area contributed by atoms with E-state index in [1.165, 1.54) is 31.0 Å². The summed E-state index contributed by atoms with van der Waals surface area (Å²) in [6.07, 6.45) is 6.86. The summed E-state index contributed by atoms with van der Waals surface area (Å²) < 4.78 is 6.99. The van der Waals surface area contributed by atoms with Gasteiger partial charge in [-0.1, -0.05) is 28.9 Å². The lowest BCUT2D eigenvalue weighted by molar-refractivity contribution is 0.102. The molecule has 31 heavy (non-hydrogen) atoms. The van der Waals surface area contributed by atoms with E-state index in [1.54, 1.807) is 22.8 Å². The number of anilines is 1. The quantitative estimate of drug-likeness (QED) is 0.374. The molecule has 4 aromatic rings. The normalized spacial score (nSPS) is 13.0. The molecule has 4 heterocycles. The van der Waals surface area contributed by atoms with Crippen molar-refractivity contribution in [3.8, 4) is 28.7 Å². The Hall–Kier alpha value is -3.55. The maximum atomic E-state index is 13.2. The summed E-state index contributed by atoms with van der Waals surface area (Å²) in [5.41, 5.74) is 2.01. The molecule has 0 unspecified atom stereocenters. The molecule has 5 rings (SSSR count). The van der Waals surface area contributed by atoms with Crippen molar-refractivity contribution in [3.63, 3.8) is 0 Å². The number of aromatic nitrogens is 6. The monoisotopic (exact) mass is 451 g/mol. The molecular formula is C20H14ClN7O2S. The second kappa shape index (κ2) is 7.94. The lowest BCUT2D eigenvalue weighted by Gasteiger charge is -2.13. The predicted octanol–water partition coefficient (Wildman–Crippen LogP) is 3.32. The smallest absolute Gasteiger partial charge is 0.258 e. The van der Waals surface area contributed by atoms with Crippen molar-refractivity contribution in [2.75, 3.05) is 12.4 Å². The Kier molecular flexibility index (Phi) is 4.97. The topological polar surface area (TPSA) is 107 Å². The fourth-order valence-corrected chi connectivity index (χ4v) is 3.69. The average molecular weight is 452 g/mol. The predicted molar refractivity (Wildman–Crippen MR) is 115 cm³/mol. The van der Waals surface area contributed by atoms with Crippen LogP contribution in [0.1, 0.15) is 28.2 Å². The molecule has 0 atom stereocenters. The third-order valence-corrected chi connectivity index (χ3v) is 5.57. The minimum atomic E-state index is -0.381. The van der Waals surface area contributed by atoms with Crippen LogP contribution < -0.4 is 10.1 Å². The number of hydrogen-bond acceptors (Lipinski definition) is 8. The molecule has 0 saturated heterocycles. The summed E-state index contributed by atoms with van der Waals surface area (Å²) in [4.78, 5) is 21.4. The number of nitrogens with zero attached hydrogens (tertiary/aromatic N) is 6. The van der Waals surface area contributed by atoms with Crippen molar-refractivity contribution >= 4 is 39.6 Å². The minimum Gasteiger partial charge on any atom is -0.494 e. The Labute approximate surface area is 185 Å². The first kappa shape index (κ1) is 19.4. The van der Waals surface area contributed by atoms with Crippen LogP contribution in [0.4, 0.5) is 5.13 Å². The molecule has 0 bridgehead atoms. The highest BCUT2D eigenvalue weighted by Gasteiger charge is 2.21. The Morgan fingerprint density at radius 1 is 1.29 bits per heavy atom. The summed E-state index contributed by atoms with van der Waals surface area (Å²) in [5.74, 6) is 6.68. The fraction of sp³-hybridized carbons (Fsp3) is 0.200. The zero-order valence-corrected chi connectivity index (χ0v) is 17.7. The molecule has 4 aromatic heterocycles. The van der Waals surface area contributed by atoms with Crippen LogP contribution in [0.15, 0.2) is 30.9 Å². The van der Waals surface area contributed by atoms with E-state index in [2.05, 4.69) is 42.4 Å². The molecule has 0 spiro atoms. The fourth-order valence-electron chi connectivity index (χ4n) is 2.93. The molecule has 1 saturated carbocycles. The summed E-state index contributed by atoms with van der Waals surface area (Å²) in [6.45, 7) is 0. The number of nitrogens with one attached hydrogen (secondary N) is 1. The van der Waals surface area contributed by atoms with Gasteiger partial charge in [0.25, 0.3) is 5.91 Å². The highest BCUT2D eigenvalue weighted by Crippen LogP contribution is 2.34. The number of methoxy groups -OCH3 is 1. The number of hydrogen-bond donors (Lipinski definition) is 1. The maximum absolute atomic E-state index is 13.2. The zero-order valence-electron chi connectivity index (χ0n) is 16.2. The number of pyridine rings is 2. The molecule has 11 heteroatoms. The Balaban J connectivity index is 1.53. The molecule has 154 valence electrons. The molecule has 1 aliphatic carbocycles. The Morgan fingerprint density at radius 3 is 2.97 bits per heavy atom. The van der Waals surface area contributed by atoms with Gasteiger partial charge in [-0.2, -0.15) is 5.10 Å². The highest BCUT2D eigenvalue weighted by molar-refractivity contribution is 7.15. The second-order valence-electron chi connectivity index (χ2n) is 6.78. The number of halogens is 1. The van der Waals surface area contributed by atoms with Crippen molar-refractivity contribution in [3.05, 3.63) is 46.6 Å². The van der Waals surface area contributed by atoms with Crippen LogP contribution in [0.3, 0.4) is 0 Å². The van der Waals surface area contributed by atoms with Gasteiger partial charge in [0.05, 0.1) is 18.9 Å². The third-order valence-electron chi connectivity index (χ3n) is 4.61. The molecule has 9 nitrogen and oxygen atoms in total. The third kappa shape index (κ3) is 4.05. The second-order valence-corrected chi connectivity index (χ2v) is 8.15. The van der Waals surface area contributed by atoms with E-state index in [0.29, 0.717) is 44.1 Å². The summed E-state index contributed by atoms with van der Waals surface area (Å²) in [5, 5.41) is 16.2. The number of rotatable bonds is 4. The first-order chi connectivity index (χ1) is 15.1. The van der Waals surface area contributed by atoms with Crippen molar-refractivity contribution in [1.82, 2.24) is 29.8 Å². The lowest BCUT2D eigenvalue weighted by atomic mass is 10.0. The van der Waals surface area contributed by atoms with Crippen LogP contribution in [0.2, 0.25) is 5.15 Å². The van der Waals surface area contributed by atoms with Gasteiger partial charge in [0.2, 0.25) is 5.13 Å². The maximum Gasteiger partial charge on any atom is 0.258 e. The van der Waals surface area contributed by atoms with Gasteiger partial charge in [-0.3, -0.25) is 10.1 Å². The van der Waals surface area contributed by atoms with E-state index < -0.39 is 0 Å². The molecule has 0 radical (unpaired) electrons. The van der Waals surface area contributed by atoms with E-state index in [4.69, 9.17) is 16.3 Å². The van der Waals surface area contributed by atoms with E-state index in [1.807, 2.05) is 0 Å². The van der Waals surface area contributed by atoms with Gasteiger partial charge in [0, 0.05) is 23.2 Å². The molecule has 1 amide bonds. The number of fused-ring (bicyclic) bond motifs is 1. The van der Waals surface area contributed by atoms with Crippen LogP contribution in [-0.4, -0.2) is 42.8 Å². The van der Waals surface area contributed by atoms with E-state index in [-0.39, 0.29) is 11.1 Å². The van der Waals surface area contributed by atoms with Crippen molar-refractivity contribution < 1.29 is 9.53 Å². The summed E-state index contributed by atoms with van der Waals surface area (Å²) in [7, 11) is 1.52. The van der Waals surface area contributed by atoms with Crippen molar-refractivity contribution in [2.24, 2.45) is 5.92 Å². The van der Waals surface area contributed by atoms with Gasteiger partial charge in [-0.15, -0.1) is 10.2 Å². The molecule has 0 aromatic carbocycles. The molecule has 0 aliphatic heterocycles. The van der Waals surface area contributed by atoms with Crippen LogP contribution in [0.25, 0.3) is 16.8 Å². The van der Waals surface area contributed by atoms with Gasteiger partial charge in [-0.05, 0) is 30.9 Å². The Bertz CT molecular complexity index is 1370. The van der Waals surface area contributed by atoms with E-state index >= 15 is 0 Å². The van der Waals surface area contributed by atoms with E-state index in [9.17, 15) is 4.79 Å². The van der Waals surface area contributed by atoms with Gasteiger partial charge in [0.1, 0.15) is 17.2 Å². The summed E-state index contributed by atoms with van der Waals surface area (Å²) in [6, 6.07) is 3.27. The summed E-state index contributed by atoms with van der Waals surface area (Å²) >= 11 is 7.34. The van der Waals surface area contributed by atoms with Crippen LogP contribution >= 0.6 is 22.9 Å². The average Bonchev–Trinajstić information content (AvgIpc) is 3.30. The minimum absolute atomic E-state index is 0.267. The van der Waals surface area contributed by atoms with Gasteiger partial charge in [0.15, 0.2) is 10.7 Å². The lowest BCUT2D eigenvalue weighted by Crippen LogP contribution is -2.14. The van der Waals surface area contributed by atoms with Gasteiger partial charge < -0.3 is 4.74 Å². The number of amides is 1. The van der Waals surface area contributed by atoms with Crippen molar-refractivity contribution in [1.29, 1.82) is 0 Å². The zero-order chi connectivity index (χ0) is 21.4. The molecule has 1 aliphatic rings. The first-order valence-electron chi connectivity index (χ1n) is 9.30. The first-order valence-corrected chi connectivity index (χ1v) is 10.5. The van der Waals surface area contributed by atoms with Gasteiger partial charge >= 0.3 is 0 Å². The van der Waals surface area contributed by atoms with Gasteiger partial charge in [-0.25, -0.2) is 14.5 Å². The van der Waals surface area contributed by atoms with E-state index in [0.717, 1.165) is 12.8 Å².